The van der Waals surface area contributed by atoms with Gasteiger partial charge in [0, 0.05) is 41.4 Å². The zero-order valence-electron chi connectivity index (χ0n) is 30.8. The van der Waals surface area contributed by atoms with Crippen LogP contribution in [0.15, 0.2) is 54.7 Å². The van der Waals surface area contributed by atoms with E-state index in [0.717, 1.165) is 10.9 Å². The predicted octanol–water partition coefficient (Wildman–Crippen LogP) is 0.139. The molecule has 0 aliphatic heterocycles. The molecule has 0 aliphatic rings. The molecule has 0 unspecified atom stereocenters. The number of benzene rings is 2. The van der Waals surface area contributed by atoms with E-state index < -0.39 is 77.7 Å². The maximum atomic E-state index is 14.3. The standard InChI is InChI=1S/C37H52N8O8S2/c1-20(2)31(36(51)44-30(19-55)37(52)53)45-33(48)27(9-5-6-14-38)41-35(50)29(16-22-17-40-26-8-4-3-7-24(22)26)43-34(49)28(42-32(47)25(39)18-54)15-21-10-12-23(46)13-11-21/h3-4,7-8,10-13,17,20,25,27-31,40,46,54-55H,5-6,9,14-16,18-19,38-39H2,1-2H3,(H,41,50)(H,42,47)(H,43,49)(H,44,51)(H,45,48)(H,52,53)/t25-,27-,28-,29+,30-,31-/m0/s1. The lowest BCUT2D eigenvalue weighted by Crippen LogP contribution is -2.60. The number of unbranched alkanes of at least 4 members (excludes halogenated alkanes) is 1. The van der Waals surface area contributed by atoms with Crippen molar-refractivity contribution in [1.29, 1.82) is 0 Å². The Morgan fingerprint density at radius 3 is 1.91 bits per heavy atom. The van der Waals surface area contributed by atoms with Crippen molar-refractivity contribution in [3.8, 4) is 5.75 Å². The van der Waals surface area contributed by atoms with Crippen LogP contribution in [0.25, 0.3) is 10.9 Å². The molecule has 2 aromatic carbocycles. The lowest BCUT2D eigenvalue weighted by Gasteiger charge is -2.28. The molecular formula is C37H52N8O8S2. The summed E-state index contributed by atoms with van der Waals surface area (Å²) in [5.74, 6) is -5.44. The summed E-state index contributed by atoms with van der Waals surface area (Å²) in [6.07, 6.45) is 2.76. The number of carboxylic acids is 1. The minimum Gasteiger partial charge on any atom is -0.508 e. The molecule has 300 valence electrons. The minimum absolute atomic E-state index is 0.00719. The molecule has 16 nitrogen and oxygen atoms in total. The topological polar surface area (TPSA) is 271 Å². The van der Waals surface area contributed by atoms with Gasteiger partial charge >= 0.3 is 5.97 Å². The number of nitrogens with one attached hydrogen (secondary N) is 6. The van der Waals surface area contributed by atoms with Crippen LogP contribution in [0.1, 0.15) is 44.2 Å². The van der Waals surface area contributed by atoms with Gasteiger partial charge in [0.05, 0.1) is 6.04 Å². The lowest BCUT2D eigenvalue weighted by molar-refractivity contribution is -0.142. The zero-order valence-corrected chi connectivity index (χ0v) is 32.6. The normalized spacial score (nSPS) is 14.5. The van der Waals surface area contributed by atoms with E-state index in [0.29, 0.717) is 30.5 Å². The fourth-order valence-corrected chi connectivity index (χ4v) is 6.12. The van der Waals surface area contributed by atoms with Gasteiger partial charge < -0.3 is 53.2 Å². The van der Waals surface area contributed by atoms with E-state index in [1.807, 2.05) is 24.3 Å². The molecule has 0 spiro atoms. The second kappa shape index (κ2) is 21.9. The largest absolute Gasteiger partial charge is 0.508 e. The van der Waals surface area contributed by atoms with Gasteiger partial charge in [-0.05, 0) is 61.1 Å². The van der Waals surface area contributed by atoms with Gasteiger partial charge in [-0.2, -0.15) is 25.3 Å². The Kier molecular flexibility index (Phi) is 17.8. The number of fused-ring (bicyclic) bond motifs is 1. The molecule has 1 aromatic heterocycles. The molecule has 6 atom stereocenters. The van der Waals surface area contributed by atoms with E-state index in [9.17, 15) is 39.0 Å². The minimum atomic E-state index is -1.29. The quantitative estimate of drug-likeness (QED) is 0.0483. The van der Waals surface area contributed by atoms with Crippen LogP contribution in [0.5, 0.6) is 5.75 Å². The summed E-state index contributed by atoms with van der Waals surface area (Å²) >= 11 is 8.08. The Bertz CT molecular complexity index is 1770. The Balaban J connectivity index is 1.95. The van der Waals surface area contributed by atoms with Crippen LogP contribution in [0, 0.1) is 5.92 Å². The second-order valence-corrected chi connectivity index (χ2v) is 14.2. The molecule has 5 amide bonds. The molecule has 0 bridgehead atoms. The van der Waals surface area contributed by atoms with Crippen LogP contribution < -0.4 is 38.1 Å². The van der Waals surface area contributed by atoms with E-state index in [1.165, 1.54) is 12.1 Å². The number of nitrogens with two attached hydrogens (primary N) is 2. The summed E-state index contributed by atoms with van der Waals surface area (Å²) in [6, 6.07) is 6.30. The van der Waals surface area contributed by atoms with E-state index in [4.69, 9.17) is 11.5 Å². The average Bonchev–Trinajstić information content (AvgIpc) is 3.57. The van der Waals surface area contributed by atoms with E-state index in [2.05, 4.69) is 56.8 Å². The highest BCUT2D eigenvalue weighted by Gasteiger charge is 2.34. The number of aromatic amines is 1. The molecule has 12 N–H and O–H groups in total. The van der Waals surface area contributed by atoms with Crippen LogP contribution in [0.3, 0.4) is 0 Å². The Labute approximate surface area is 330 Å². The number of aromatic hydroxyl groups is 1. The van der Waals surface area contributed by atoms with Crippen molar-refractivity contribution < 1.29 is 39.0 Å². The van der Waals surface area contributed by atoms with Gasteiger partial charge in [-0.15, -0.1) is 0 Å². The van der Waals surface area contributed by atoms with Crippen molar-refractivity contribution in [2.45, 2.75) is 82.2 Å². The summed E-state index contributed by atoms with van der Waals surface area (Å²) < 4.78 is 0. The number of hydrogen-bond acceptors (Lipinski definition) is 11. The first-order valence-corrected chi connectivity index (χ1v) is 19.2. The molecule has 0 saturated heterocycles. The highest BCUT2D eigenvalue weighted by Crippen LogP contribution is 2.20. The van der Waals surface area contributed by atoms with Crippen molar-refractivity contribution in [3.63, 3.8) is 0 Å². The number of thiol groups is 2. The average molecular weight is 801 g/mol. The summed E-state index contributed by atoms with van der Waals surface area (Å²) in [5.41, 5.74) is 13.7. The maximum absolute atomic E-state index is 14.3. The Hall–Kier alpha value is -4.78. The van der Waals surface area contributed by atoms with Crippen molar-refractivity contribution in [1.82, 2.24) is 31.6 Å². The number of aliphatic carboxylic acids is 1. The molecule has 0 saturated carbocycles. The molecule has 0 aliphatic carbocycles. The number of aromatic nitrogens is 1. The van der Waals surface area contributed by atoms with E-state index in [1.54, 1.807) is 32.2 Å². The maximum Gasteiger partial charge on any atom is 0.327 e. The first-order valence-electron chi connectivity index (χ1n) is 17.9. The fraction of sp³-hybridized carbons (Fsp3) is 0.459. The number of carbonyl (C=O) groups is 6. The van der Waals surface area contributed by atoms with Gasteiger partial charge in [0.1, 0.15) is 36.0 Å². The van der Waals surface area contributed by atoms with E-state index in [-0.39, 0.29) is 36.5 Å². The number of hydrogen-bond donors (Lipinski definition) is 12. The highest BCUT2D eigenvalue weighted by molar-refractivity contribution is 7.80. The first-order chi connectivity index (χ1) is 26.2. The molecule has 18 heteroatoms. The molecule has 0 radical (unpaired) electrons. The first kappa shape index (κ1) is 44.6. The van der Waals surface area contributed by atoms with Crippen LogP contribution in [-0.4, -0.2) is 105 Å². The number of carboxylic acid groups (broad SMARTS) is 1. The smallest absolute Gasteiger partial charge is 0.327 e. The number of carbonyl (C=O) groups excluding carboxylic acids is 5. The fourth-order valence-electron chi connectivity index (χ4n) is 5.71. The van der Waals surface area contributed by atoms with Gasteiger partial charge in [0.25, 0.3) is 0 Å². The zero-order chi connectivity index (χ0) is 40.7. The van der Waals surface area contributed by atoms with Crippen LogP contribution in [0.4, 0.5) is 0 Å². The summed E-state index contributed by atoms with van der Waals surface area (Å²) in [5, 5.41) is 33.2. The second-order valence-electron chi connectivity index (χ2n) is 13.5. The lowest BCUT2D eigenvalue weighted by atomic mass is 10.00. The van der Waals surface area contributed by atoms with Gasteiger partial charge in [0.15, 0.2) is 0 Å². The number of phenols is 1. The van der Waals surface area contributed by atoms with Crippen LogP contribution >= 0.6 is 25.3 Å². The van der Waals surface area contributed by atoms with Crippen LogP contribution in [0.2, 0.25) is 0 Å². The number of phenolic OH excluding ortho intramolecular Hbond substituents is 1. The van der Waals surface area contributed by atoms with Crippen molar-refractivity contribution >= 4 is 71.7 Å². The molecular weight excluding hydrogens is 749 g/mol. The molecule has 1 heterocycles. The third kappa shape index (κ3) is 13.5. The Morgan fingerprint density at radius 1 is 0.727 bits per heavy atom. The van der Waals surface area contributed by atoms with Crippen molar-refractivity contribution in [2.24, 2.45) is 17.4 Å². The molecule has 3 aromatic rings. The SMILES string of the molecule is CC(C)[C@H](NC(=O)[C@H](CCCCN)NC(=O)[C@@H](Cc1c[nH]c2ccccc12)NC(=O)[C@H](Cc1ccc(O)cc1)NC(=O)[C@@H](N)CS)C(=O)N[C@@H](CS)C(=O)O. The molecule has 55 heavy (non-hydrogen) atoms. The van der Waals surface area contributed by atoms with Crippen molar-refractivity contribution in [3.05, 3.63) is 65.9 Å². The third-order valence-electron chi connectivity index (χ3n) is 8.90. The number of para-hydroxylation sites is 1. The highest BCUT2D eigenvalue weighted by atomic mass is 32.1. The van der Waals surface area contributed by atoms with Gasteiger partial charge in [-0.1, -0.05) is 44.2 Å². The summed E-state index contributed by atoms with van der Waals surface area (Å²) in [7, 11) is 0. The van der Waals surface area contributed by atoms with Gasteiger partial charge in [-0.25, -0.2) is 4.79 Å². The summed E-state index contributed by atoms with van der Waals surface area (Å²) in [4.78, 5) is 82.8. The molecule has 3 rings (SSSR count). The predicted molar refractivity (Wildman–Crippen MR) is 215 cm³/mol. The molecule has 0 fully saturated rings. The Morgan fingerprint density at radius 2 is 1.31 bits per heavy atom. The van der Waals surface area contributed by atoms with Crippen LogP contribution in [-0.2, 0) is 41.6 Å². The monoisotopic (exact) mass is 800 g/mol. The number of rotatable bonds is 22. The van der Waals surface area contributed by atoms with Crippen molar-refractivity contribution in [2.75, 3.05) is 18.1 Å². The third-order valence-corrected chi connectivity index (χ3v) is 9.66. The number of H-pyrrole nitrogens is 1. The van der Waals surface area contributed by atoms with Gasteiger partial charge in [-0.3, -0.25) is 24.0 Å². The van der Waals surface area contributed by atoms with E-state index >= 15 is 0 Å². The van der Waals surface area contributed by atoms with Gasteiger partial charge in [0.2, 0.25) is 29.5 Å². The number of amides is 5. The summed E-state index contributed by atoms with van der Waals surface area (Å²) in [6.45, 7) is 3.67.